The molecule has 0 saturated carbocycles. The van der Waals surface area contributed by atoms with Gasteiger partial charge >= 0.3 is 5.97 Å². The number of hydrogen-bond donors (Lipinski definition) is 3. The van der Waals surface area contributed by atoms with Gasteiger partial charge in [0.25, 0.3) is 5.91 Å². The van der Waals surface area contributed by atoms with Gasteiger partial charge in [-0.1, -0.05) is 0 Å². The summed E-state index contributed by atoms with van der Waals surface area (Å²) in [6, 6.07) is 3.07. The second-order valence-corrected chi connectivity index (χ2v) is 4.54. The molecular formula is C15H16N4O4. The predicted molar refractivity (Wildman–Crippen MR) is 82.4 cm³/mol. The van der Waals surface area contributed by atoms with Gasteiger partial charge in [-0.05, 0) is 26.0 Å². The lowest BCUT2D eigenvalue weighted by molar-refractivity contribution is 0.0525. The van der Waals surface area contributed by atoms with Crippen molar-refractivity contribution in [3.05, 3.63) is 46.9 Å². The fourth-order valence-corrected chi connectivity index (χ4v) is 1.94. The first kappa shape index (κ1) is 16.2. The Labute approximate surface area is 132 Å². The van der Waals surface area contributed by atoms with Crippen molar-refractivity contribution in [1.29, 1.82) is 0 Å². The fraction of sp³-hybridized carbons (Fsp3) is 0.200. The maximum absolute atomic E-state index is 11.9. The molecule has 2 heterocycles. The number of aromatic nitrogens is 2. The number of carbonyl (C=O) groups is 2. The third-order valence-corrected chi connectivity index (χ3v) is 2.99. The molecule has 0 fully saturated rings. The molecule has 0 radical (unpaired) electrons. The summed E-state index contributed by atoms with van der Waals surface area (Å²) in [4.78, 5) is 30.2. The highest BCUT2D eigenvalue weighted by Gasteiger charge is 2.21. The smallest absolute Gasteiger partial charge is 0.340 e. The number of amides is 1. The van der Waals surface area contributed by atoms with Gasteiger partial charge in [-0.2, -0.15) is 5.10 Å². The van der Waals surface area contributed by atoms with Crippen molar-refractivity contribution in [2.24, 2.45) is 5.10 Å². The molecule has 120 valence electrons. The van der Waals surface area contributed by atoms with Gasteiger partial charge in [0.1, 0.15) is 0 Å². The quantitative estimate of drug-likeness (QED) is 0.437. The van der Waals surface area contributed by atoms with Crippen LogP contribution in [0.1, 0.15) is 38.9 Å². The molecule has 0 atom stereocenters. The number of nitrogens with zero attached hydrogens (tertiary/aromatic N) is 2. The zero-order valence-corrected chi connectivity index (χ0v) is 12.7. The summed E-state index contributed by atoms with van der Waals surface area (Å²) in [5.41, 5.74) is 3.46. The number of carbonyl (C=O) groups excluding carboxylic acids is 2. The largest absolute Gasteiger partial charge is 0.494 e. The number of aromatic hydroxyl groups is 1. The lowest BCUT2D eigenvalue weighted by Gasteiger charge is -2.02. The number of H-pyrrole nitrogens is 1. The van der Waals surface area contributed by atoms with E-state index in [2.05, 4.69) is 20.5 Å². The molecule has 23 heavy (non-hydrogen) atoms. The second-order valence-electron chi connectivity index (χ2n) is 4.54. The van der Waals surface area contributed by atoms with E-state index < -0.39 is 11.9 Å². The summed E-state index contributed by atoms with van der Waals surface area (Å²) >= 11 is 0. The standard InChI is InChI=1S/C15H16N4O4/c1-3-23-15(22)12-9(2)18-14(21)11(12)8-17-19-13(20)10-4-6-16-7-5-10/h4-8,18,21H,3H2,1-2H3,(H,19,20)/b17-8+. The van der Waals surface area contributed by atoms with E-state index in [1.54, 1.807) is 13.8 Å². The normalized spacial score (nSPS) is 10.7. The molecule has 0 aliphatic carbocycles. The van der Waals surface area contributed by atoms with Crippen molar-refractivity contribution in [3.8, 4) is 5.88 Å². The fourth-order valence-electron chi connectivity index (χ4n) is 1.94. The number of rotatable bonds is 5. The minimum Gasteiger partial charge on any atom is -0.494 e. The maximum atomic E-state index is 11.9. The number of hydrazone groups is 1. The Balaban J connectivity index is 2.16. The van der Waals surface area contributed by atoms with Gasteiger partial charge in [0, 0.05) is 23.7 Å². The van der Waals surface area contributed by atoms with E-state index in [1.807, 2.05) is 0 Å². The highest BCUT2D eigenvalue weighted by molar-refractivity contribution is 6.02. The number of ether oxygens (including phenoxy) is 1. The average molecular weight is 316 g/mol. The Morgan fingerprint density at radius 3 is 2.78 bits per heavy atom. The molecule has 0 saturated heterocycles. The Kier molecular flexibility index (Phi) is 5.08. The van der Waals surface area contributed by atoms with Crippen LogP contribution in [0, 0.1) is 6.92 Å². The predicted octanol–water partition coefficient (Wildman–Crippen LogP) is 1.36. The van der Waals surface area contributed by atoms with Crippen LogP contribution in [0.3, 0.4) is 0 Å². The second kappa shape index (κ2) is 7.21. The number of esters is 1. The molecular weight excluding hydrogens is 300 g/mol. The molecule has 0 aliphatic rings. The molecule has 2 aromatic heterocycles. The SMILES string of the molecule is CCOC(=O)c1c(C)[nH]c(O)c1/C=N/NC(=O)c1ccncc1. The van der Waals surface area contributed by atoms with Gasteiger partial charge in [0.2, 0.25) is 0 Å². The molecule has 0 spiro atoms. The number of nitrogens with one attached hydrogen (secondary N) is 2. The molecule has 2 rings (SSSR count). The van der Waals surface area contributed by atoms with E-state index in [0.29, 0.717) is 11.3 Å². The first-order valence-corrected chi connectivity index (χ1v) is 6.86. The highest BCUT2D eigenvalue weighted by Crippen LogP contribution is 2.23. The number of hydrogen-bond acceptors (Lipinski definition) is 6. The molecule has 2 aromatic rings. The number of aromatic amines is 1. The van der Waals surface area contributed by atoms with Gasteiger partial charge in [0.05, 0.1) is 23.9 Å². The average Bonchev–Trinajstić information content (AvgIpc) is 2.82. The van der Waals surface area contributed by atoms with E-state index >= 15 is 0 Å². The summed E-state index contributed by atoms with van der Waals surface area (Å²) in [5, 5.41) is 13.6. The lowest BCUT2D eigenvalue weighted by Crippen LogP contribution is -2.17. The third kappa shape index (κ3) is 3.73. The Bertz CT molecular complexity index is 737. The van der Waals surface area contributed by atoms with Crippen molar-refractivity contribution >= 4 is 18.1 Å². The van der Waals surface area contributed by atoms with Crippen LogP contribution in [0.25, 0.3) is 0 Å². The first-order valence-electron chi connectivity index (χ1n) is 6.86. The van der Waals surface area contributed by atoms with Crippen LogP contribution in [-0.2, 0) is 4.74 Å². The van der Waals surface area contributed by atoms with Gasteiger partial charge in [0.15, 0.2) is 5.88 Å². The molecule has 8 heteroatoms. The number of aryl methyl sites for hydroxylation is 1. The van der Waals surface area contributed by atoms with Gasteiger partial charge in [-0.3, -0.25) is 9.78 Å². The first-order chi connectivity index (χ1) is 11.0. The minimum absolute atomic E-state index is 0.149. The van der Waals surface area contributed by atoms with Crippen molar-refractivity contribution in [1.82, 2.24) is 15.4 Å². The van der Waals surface area contributed by atoms with Crippen molar-refractivity contribution in [2.75, 3.05) is 6.61 Å². The third-order valence-electron chi connectivity index (χ3n) is 2.99. The van der Waals surface area contributed by atoms with Crippen LogP contribution >= 0.6 is 0 Å². The minimum atomic E-state index is -0.580. The van der Waals surface area contributed by atoms with Crippen LogP contribution < -0.4 is 5.43 Å². The van der Waals surface area contributed by atoms with Gasteiger partial charge in [-0.25, -0.2) is 10.2 Å². The number of pyridine rings is 1. The van der Waals surface area contributed by atoms with Gasteiger partial charge in [-0.15, -0.1) is 0 Å². The summed E-state index contributed by atoms with van der Waals surface area (Å²) in [6.45, 7) is 3.51. The van der Waals surface area contributed by atoms with Crippen molar-refractivity contribution < 1.29 is 19.4 Å². The van der Waals surface area contributed by atoms with Crippen LogP contribution in [0.5, 0.6) is 5.88 Å². The summed E-state index contributed by atoms with van der Waals surface area (Å²) in [7, 11) is 0. The Morgan fingerprint density at radius 2 is 2.13 bits per heavy atom. The van der Waals surface area contributed by atoms with Crippen LogP contribution in [0.15, 0.2) is 29.6 Å². The lowest BCUT2D eigenvalue weighted by atomic mass is 10.1. The van der Waals surface area contributed by atoms with Crippen molar-refractivity contribution in [3.63, 3.8) is 0 Å². The molecule has 8 nitrogen and oxygen atoms in total. The van der Waals surface area contributed by atoms with Crippen molar-refractivity contribution in [2.45, 2.75) is 13.8 Å². The van der Waals surface area contributed by atoms with Gasteiger partial charge < -0.3 is 14.8 Å². The van der Waals surface area contributed by atoms with E-state index in [-0.39, 0.29) is 23.6 Å². The highest BCUT2D eigenvalue weighted by atomic mass is 16.5. The maximum Gasteiger partial charge on any atom is 0.340 e. The Hall–Kier alpha value is -3.16. The summed E-state index contributed by atoms with van der Waals surface area (Å²) in [5.74, 6) is -1.25. The molecule has 0 aromatic carbocycles. The molecule has 3 N–H and O–H groups in total. The zero-order chi connectivity index (χ0) is 16.8. The van der Waals surface area contributed by atoms with Crippen LogP contribution in [0.4, 0.5) is 0 Å². The Morgan fingerprint density at radius 1 is 1.43 bits per heavy atom. The monoisotopic (exact) mass is 316 g/mol. The zero-order valence-electron chi connectivity index (χ0n) is 12.7. The van der Waals surface area contributed by atoms with E-state index in [0.717, 1.165) is 0 Å². The molecule has 0 bridgehead atoms. The van der Waals surface area contributed by atoms with E-state index in [1.165, 1.54) is 30.7 Å². The molecule has 0 aliphatic heterocycles. The van der Waals surface area contributed by atoms with E-state index in [9.17, 15) is 14.7 Å². The van der Waals surface area contributed by atoms with E-state index in [4.69, 9.17) is 4.74 Å². The summed E-state index contributed by atoms with van der Waals surface area (Å²) < 4.78 is 4.93. The molecule has 0 unspecified atom stereocenters. The summed E-state index contributed by atoms with van der Waals surface area (Å²) in [6.07, 6.45) is 4.15. The van der Waals surface area contributed by atoms with Crippen LogP contribution in [0.2, 0.25) is 0 Å². The molecule has 1 amide bonds. The van der Waals surface area contributed by atoms with Crippen LogP contribution in [-0.4, -0.2) is 39.8 Å². The topological polar surface area (TPSA) is 117 Å².